The van der Waals surface area contributed by atoms with E-state index in [1.54, 1.807) is 0 Å². The Morgan fingerprint density at radius 2 is 2.10 bits per heavy atom. The molecule has 1 aromatic carbocycles. The molecule has 0 aromatic heterocycles. The fourth-order valence-corrected chi connectivity index (χ4v) is 2.72. The van der Waals surface area contributed by atoms with Crippen LogP contribution >= 0.6 is 15.9 Å². The van der Waals surface area contributed by atoms with Crippen LogP contribution in [0, 0.1) is 6.92 Å². The SMILES string of the molecule is CCCCCC(C)NCC(O)COc1ccc(C)cc1Br. The van der Waals surface area contributed by atoms with Crippen molar-refractivity contribution >= 4 is 15.9 Å². The summed E-state index contributed by atoms with van der Waals surface area (Å²) < 4.78 is 6.57. The smallest absolute Gasteiger partial charge is 0.133 e. The Kier molecular flexibility index (Phi) is 8.97. The summed E-state index contributed by atoms with van der Waals surface area (Å²) in [6.07, 6.45) is 4.43. The zero-order valence-corrected chi connectivity index (χ0v) is 14.9. The number of aliphatic hydroxyl groups excluding tert-OH is 1. The number of ether oxygens (including phenoxy) is 1. The molecule has 0 aliphatic heterocycles. The van der Waals surface area contributed by atoms with Gasteiger partial charge in [-0.1, -0.05) is 32.3 Å². The zero-order valence-electron chi connectivity index (χ0n) is 13.4. The third-order valence-electron chi connectivity index (χ3n) is 3.46. The van der Waals surface area contributed by atoms with Crippen LogP contribution < -0.4 is 10.1 Å². The summed E-state index contributed by atoms with van der Waals surface area (Å²) >= 11 is 3.47. The Balaban J connectivity index is 2.23. The molecule has 2 N–H and O–H groups in total. The molecule has 0 heterocycles. The van der Waals surface area contributed by atoms with Gasteiger partial charge in [0.15, 0.2) is 0 Å². The van der Waals surface area contributed by atoms with E-state index in [1.165, 1.54) is 24.8 Å². The lowest BCUT2D eigenvalue weighted by Crippen LogP contribution is -2.36. The highest BCUT2D eigenvalue weighted by Gasteiger charge is 2.09. The molecule has 3 nitrogen and oxygen atoms in total. The lowest BCUT2D eigenvalue weighted by atomic mass is 10.1. The maximum Gasteiger partial charge on any atom is 0.133 e. The molecule has 21 heavy (non-hydrogen) atoms. The van der Waals surface area contributed by atoms with E-state index in [0.717, 1.165) is 16.6 Å². The van der Waals surface area contributed by atoms with E-state index in [-0.39, 0.29) is 0 Å². The van der Waals surface area contributed by atoms with Crippen molar-refractivity contribution in [3.63, 3.8) is 0 Å². The van der Waals surface area contributed by atoms with Crippen LogP contribution in [-0.2, 0) is 0 Å². The molecule has 0 saturated carbocycles. The number of hydrogen-bond donors (Lipinski definition) is 2. The van der Waals surface area contributed by atoms with Crippen LogP contribution in [0.2, 0.25) is 0 Å². The number of nitrogens with one attached hydrogen (secondary N) is 1. The Labute approximate surface area is 137 Å². The van der Waals surface area contributed by atoms with Gasteiger partial charge in [-0.2, -0.15) is 0 Å². The molecule has 0 radical (unpaired) electrons. The number of benzene rings is 1. The van der Waals surface area contributed by atoms with Crippen LogP contribution in [0.25, 0.3) is 0 Å². The lowest BCUT2D eigenvalue weighted by Gasteiger charge is -2.18. The highest BCUT2D eigenvalue weighted by molar-refractivity contribution is 9.10. The van der Waals surface area contributed by atoms with E-state index >= 15 is 0 Å². The van der Waals surface area contributed by atoms with E-state index in [9.17, 15) is 5.11 Å². The minimum atomic E-state index is -0.494. The second kappa shape index (κ2) is 10.2. The van der Waals surface area contributed by atoms with Gasteiger partial charge in [-0.05, 0) is 53.9 Å². The van der Waals surface area contributed by atoms with E-state index in [2.05, 4.69) is 35.1 Å². The van der Waals surface area contributed by atoms with Crippen molar-refractivity contribution in [1.29, 1.82) is 0 Å². The van der Waals surface area contributed by atoms with Crippen molar-refractivity contribution in [2.24, 2.45) is 0 Å². The molecule has 120 valence electrons. The summed E-state index contributed by atoms with van der Waals surface area (Å²) in [5.74, 6) is 0.774. The molecule has 0 bridgehead atoms. The van der Waals surface area contributed by atoms with E-state index in [4.69, 9.17) is 4.74 Å². The molecular formula is C17H28BrNO2. The highest BCUT2D eigenvalue weighted by atomic mass is 79.9. The van der Waals surface area contributed by atoms with E-state index in [1.807, 2.05) is 25.1 Å². The monoisotopic (exact) mass is 357 g/mol. The minimum Gasteiger partial charge on any atom is -0.490 e. The molecule has 1 aromatic rings. The fraction of sp³-hybridized carbons (Fsp3) is 0.647. The van der Waals surface area contributed by atoms with Gasteiger partial charge in [0.05, 0.1) is 4.47 Å². The molecule has 2 atom stereocenters. The summed E-state index contributed by atoms with van der Waals surface area (Å²) in [7, 11) is 0. The third-order valence-corrected chi connectivity index (χ3v) is 4.08. The minimum absolute atomic E-state index is 0.302. The van der Waals surface area contributed by atoms with Gasteiger partial charge >= 0.3 is 0 Å². The Hall–Kier alpha value is -0.580. The first-order chi connectivity index (χ1) is 10.0. The maximum absolute atomic E-state index is 9.97. The van der Waals surface area contributed by atoms with Crippen LogP contribution in [-0.4, -0.2) is 30.4 Å². The second-order valence-electron chi connectivity index (χ2n) is 5.70. The standard InChI is InChI=1S/C17H28BrNO2/c1-4-5-6-7-14(3)19-11-15(20)12-21-17-9-8-13(2)10-16(17)18/h8-10,14-15,19-20H,4-7,11-12H2,1-3H3. The number of hydrogen-bond acceptors (Lipinski definition) is 3. The molecule has 4 heteroatoms. The van der Waals surface area contributed by atoms with Crippen molar-refractivity contribution in [2.45, 2.75) is 58.6 Å². The van der Waals surface area contributed by atoms with Crippen molar-refractivity contribution in [2.75, 3.05) is 13.2 Å². The second-order valence-corrected chi connectivity index (χ2v) is 6.56. The fourth-order valence-electron chi connectivity index (χ4n) is 2.11. The molecule has 0 amide bonds. The normalized spacial score (nSPS) is 14.0. The summed E-state index contributed by atoms with van der Waals surface area (Å²) in [6.45, 7) is 7.28. The van der Waals surface area contributed by atoms with Crippen molar-refractivity contribution < 1.29 is 9.84 Å². The largest absolute Gasteiger partial charge is 0.490 e. The molecule has 1 rings (SSSR count). The summed E-state index contributed by atoms with van der Waals surface area (Å²) in [5.41, 5.74) is 1.18. The average molecular weight is 358 g/mol. The number of unbranched alkanes of at least 4 members (excludes halogenated alkanes) is 2. The average Bonchev–Trinajstić information content (AvgIpc) is 2.44. The third kappa shape index (κ3) is 7.84. The molecule has 0 fully saturated rings. The quantitative estimate of drug-likeness (QED) is 0.620. The van der Waals surface area contributed by atoms with Crippen LogP contribution in [0.4, 0.5) is 0 Å². The van der Waals surface area contributed by atoms with Crippen LogP contribution in [0.15, 0.2) is 22.7 Å². The van der Waals surface area contributed by atoms with Gasteiger partial charge < -0.3 is 15.2 Å². The number of aliphatic hydroxyl groups is 1. The van der Waals surface area contributed by atoms with Gasteiger partial charge in [-0.25, -0.2) is 0 Å². The van der Waals surface area contributed by atoms with Gasteiger partial charge in [-0.15, -0.1) is 0 Å². The lowest BCUT2D eigenvalue weighted by molar-refractivity contribution is 0.103. The van der Waals surface area contributed by atoms with Gasteiger partial charge in [0, 0.05) is 12.6 Å². The Bertz CT molecular complexity index is 412. The Morgan fingerprint density at radius 1 is 1.33 bits per heavy atom. The van der Waals surface area contributed by atoms with Crippen molar-refractivity contribution in [3.8, 4) is 5.75 Å². The molecule has 0 saturated heterocycles. The predicted octanol–water partition coefficient (Wildman–Crippen LogP) is 4.06. The van der Waals surface area contributed by atoms with Gasteiger partial charge in [0.2, 0.25) is 0 Å². The number of rotatable bonds is 10. The topological polar surface area (TPSA) is 41.5 Å². The highest BCUT2D eigenvalue weighted by Crippen LogP contribution is 2.25. The molecular weight excluding hydrogens is 330 g/mol. The summed E-state index contributed by atoms with van der Waals surface area (Å²) in [6, 6.07) is 6.38. The summed E-state index contributed by atoms with van der Waals surface area (Å²) in [4.78, 5) is 0. The van der Waals surface area contributed by atoms with Crippen molar-refractivity contribution in [3.05, 3.63) is 28.2 Å². The van der Waals surface area contributed by atoms with Crippen LogP contribution in [0.1, 0.15) is 45.1 Å². The van der Waals surface area contributed by atoms with Gasteiger partial charge in [0.25, 0.3) is 0 Å². The predicted molar refractivity (Wildman–Crippen MR) is 92.0 cm³/mol. The zero-order chi connectivity index (χ0) is 15.7. The first-order valence-electron chi connectivity index (χ1n) is 7.83. The molecule has 0 aliphatic carbocycles. The van der Waals surface area contributed by atoms with E-state index < -0.39 is 6.10 Å². The molecule has 2 unspecified atom stereocenters. The van der Waals surface area contributed by atoms with Gasteiger partial charge in [-0.3, -0.25) is 0 Å². The first-order valence-corrected chi connectivity index (χ1v) is 8.62. The maximum atomic E-state index is 9.97. The number of halogens is 1. The first kappa shape index (κ1) is 18.5. The van der Waals surface area contributed by atoms with Crippen molar-refractivity contribution in [1.82, 2.24) is 5.32 Å². The number of aryl methyl sites for hydroxylation is 1. The van der Waals surface area contributed by atoms with Crippen LogP contribution in [0.3, 0.4) is 0 Å². The molecule has 0 aliphatic rings. The van der Waals surface area contributed by atoms with Crippen LogP contribution in [0.5, 0.6) is 5.75 Å². The van der Waals surface area contributed by atoms with E-state index in [0.29, 0.717) is 19.2 Å². The van der Waals surface area contributed by atoms with Gasteiger partial charge in [0.1, 0.15) is 18.5 Å². The summed E-state index contributed by atoms with van der Waals surface area (Å²) in [5, 5.41) is 13.3. The Morgan fingerprint density at radius 3 is 2.76 bits per heavy atom. The molecule has 0 spiro atoms.